The Bertz CT molecular complexity index is 849. The predicted octanol–water partition coefficient (Wildman–Crippen LogP) is 3.71. The highest BCUT2D eigenvalue weighted by molar-refractivity contribution is 7.17. The van der Waals surface area contributed by atoms with Gasteiger partial charge in [0, 0.05) is 30.6 Å². The highest BCUT2D eigenvalue weighted by atomic mass is 32.1. The monoisotopic (exact) mass is 343 g/mol. The van der Waals surface area contributed by atoms with E-state index in [-0.39, 0.29) is 18.3 Å². The fourth-order valence-corrected chi connectivity index (χ4v) is 4.26. The number of nitrogens with zero attached hydrogens (tertiary/aromatic N) is 3. The minimum atomic E-state index is -0.239. The summed E-state index contributed by atoms with van der Waals surface area (Å²) in [5.41, 5.74) is 2.01. The molecule has 0 spiro atoms. The molecule has 0 unspecified atom stereocenters. The van der Waals surface area contributed by atoms with Gasteiger partial charge in [0.25, 0.3) is 0 Å². The van der Waals surface area contributed by atoms with Gasteiger partial charge in [-0.05, 0) is 36.5 Å². The van der Waals surface area contributed by atoms with Gasteiger partial charge in [0.05, 0.1) is 5.39 Å². The molecule has 1 atom stereocenters. The summed E-state index contributed by atoms with van der Waals surface area (Å²) in [4.78, 5) is 12.1. The minimum absolute atomic E-state index is 0.208. The zero-order chi connectivity index (χ0) is 16.5. The second kappa shape index (κ2) is 6.45. The zero-order valence-electron chi connectivity index (χ0n) is 13.2. The van der Waals surface area contributed by atoms with Gasteiger partial charge in [0.2, 0.25) is 0 Å². The topological polar surface area (TPSA) is 49.2 Å². The van der Waals surface area contributed by atoms with Gasteiger partial charge in [-0.25, -0.2) is 14.4 Å². The molecule has 3 heterocycles. The summed E-state index contributed by atoms with van der Waals surface area (Å²) in [6, 6.07) is 6.54. The van der Waals surface area contributed by atoms with Gasteiger partial charge in [-0.2, -0.15) is 0 Å². The van der Waals surface area contributed by atoms with Crippen molar-refractivity contribution in [2.24, 2.45) is 5.92 Å². The van der Waals surface area contributed by atoms with Crippen molar-refractivity contribution in [3.8, 4) is 11.1 Å². The maximum Gasteiger partial charge on any atom is 0.141 e. The standard InChI is InChI=1S/C18H18FN3OS/c19-14-5-3-13(4-6-14)15-10-24-18-16(15)17(20-11-21-18)22-7-1-2-12(8-22)9-23/h3-6,10-12,23H,1-2,7-9H2/t12-/m0/s1. The molecule has 4 rings (SSSR count). The Morgan fingerprint density at radius 1 is 1.25 bits per heavy atom. The molecule has 2 aromatic heterocycles. The number of piperidine rings is 1. The van der Waals surface area contributed by atoms with Crippen LogP contribution in [0.1, 0.15) is 12.8 Å². The fourth-order valence-electron chi connectivity index (χ4n) is 3.35. The highest BCUT2D eigenvalue weighted by Gasteiger charge is 2.23. The number of halogens is 1. The van der Waals surface area contributed by atoms with E-state index in [4.69, 9.17) is 0 Å². The molecular weight excluding hydrogens is 325 g/mol. The van der Waals surface area contributed by atoms with Gasteiger partial charge >= 0.3 is 0 Å². The summed E-state index contributed by atoms with van der Waals surface area (Å²) in [6.45, 7) is 1.95. The number of rotatable bonds is 3. The van der Waals surface area contributed by atoms with Crippen LogP contribution in [0.5, 0.6) is 0 Å². The van der Waals surface area contributed by atoms with Gasteiger partial charge in [0.15, 0.2) is 0 Å². The van der Waals surface area contributed by atoms with E-state index < -0.39 is 0 Å². The molecule has 3 aromatic rings. The lowest BCUT2D eigenvalue weighted by molar-refractivity contribution is 0.208. The van der Waals surface area contributed by atoms with Crippen LogP contribution in [0.15, 0.2) is 36.0 Å². The highest BCUT2D eigenvalue weighted by Crippen LogP contribution is 2.38. The summed E-state index contributed by atoms with van der Waals surface area (Å²) >= 11 is 1.58. The van der Waals surface area contributed by atoms with Crippen LogP contribution in [0.3, 0.4) is 0 Å². The van der Waals surface area contributed by atoms with Crippen molar-refractivity contribution in [1.29, 1.82) is 0 Å². The molecule has 0 saturated carbocycles. The molecule has 0 bridgehead atoms. The van der Waals surface area contributed by atoms with Crippen LogP contribution in [-0.2, 0) is 0 Å². The largest absolute Gasteiger partial charge is 0.396 e. The van der Waals surface area contributed by atoms with Gasteiger partial charge in [-0.3, -0.25) is 0 Å². The van der Waals surface area contributed by atoms with E-state index in [0.29, 0.717) is 0 Å². The van der Waals surface area contributed by atoms with E-state index >= 15 is 0 Å². The Morgan fingerprint density at radius 3 is 2.88 bits per heavy atom. The van der Waals surface area contributed by atoms with Crippen molar-refractivity contribution in [2.75, 3.05) is 24.6 Å². The summed E-state index contributed by atoms with van der Waals surface area (Å²) in [7, 11) is 0. The smallest absolute Gasteiger partial charge is 0.141 e. The van der Waals surface area contributed by atoms with Crippen molar-refractivity contribution in [2.45, 2.75) is 12.8 Å². The fraction of sp³-hybridized carbons (Fsp3) is 0.333. The second-order valence-corrected chi connectivity index (χ2v) is 7.03. The number of aromatic nitrogens is 2. The number of fused-ring (bicyclic) bond motifs is 1. The molecule has 124 valence electrons. The summed E-state index contributed by atoms with van der Waals surface area (Å²) in [5.74, 6) is 0.965. The van der Waals surface area contributed by atoms with E-state index in [9.17, 15) is 9.50 Å². The predicted molar refractivity (Wildman–Crippen MR) is 94.8 cm³/mol. The zero-order valence-corrected chi connectivity index (χ0v) is 14.0. The average Bonchev–Trinajstić information content (AvgIpc) is 3.06. The summed E-state index contributed by atoms with van der Waals surface area (Å²) < 4.78 is 13.2. The maximum absolute atomic E-state index is 13.2. The van der Waals surface area contributed by atoms with Crippen LogP contribution in [0.25, 0.3) is 21.3 Å². The quantitative estimate of drug-likeness (QED) is 0.788. The second-order valence-electron chi connectivity index (χ2n) is 6.17. The van der Waals surface area contributed by atoms with Crippen LogP contribution < -0.4 is 4.90 Å². The Hall–Kier alpha value is -2.05. The maximum atomic E-state index is 13.2. The number of hydrogen-bond donors (Lipinski definition) is 1. The van der Waals surface area contributed by atoms with Crippen LogP contribution in [0, 0.1) is 11.7 Å². The third-order valence-electron chi connectivity index (χ3n) is 4.58. The third kappa shape index (κ3) is 2.76. The number of aliphatic hydroxyl groups is 1. The molecule has 1 aliphatic rings. The molecule has 6 heteroatoms. The van der Waals surface area contributed by atoms with Crippen LogP contribution in [0.2, 0.25) is 0 Å². The van der Waals surface area contributed by atoms with Crippen molar-refractivity contribution in [3.05, 3.63) is 41.8 Å². The van der Waals surface area contributed by atoms with Crippen molar-refractivity contribution in [1.82, 2.24) is 9.97 Å². The van der Waals surface area contributed by atoms with E-state index in [1.54, 1.807) is 29.8 Å². The molecule has 1 aliphatic heterocycles. The average molecular weight is 343 g/mol. The first kappa shape index (κ1) is 15.5. The molecule has 4 nitrogen and oxygen atoms in total. The van der Waals surface area contributed by atoms with Gasteiger partial charge < -0.3 is 10.0 Å². The lowest BCUT2D eigenvalue weighted by atomic mass is 9.98. The van der Waals surface area contributed by atoms with Gasteiger partial charge in [-0.1, -0.05) is 12.1 Å². The molecule has 1 fully saturated rings. The van der Waals surface area contributed by atoms with E-state index in [2.05, 4.69) is 20.2 Å². The van der Waals surface area contributed by atoms with Gasteiger partial charge in [0.1, 0.15) is 22.8 Å². The molecule has 0 aliphatic carbocycles. The third-order valence-corrected chi connectivity index (χ3v) is 5.47. The summed E-state index contributed by atoms with van der Waals surface area (Å²) in [6.07, 6.45) is 3.70. The first-order valence-electron chi connectivity index (χ1n) is 8.10. The molecule has 1 saturated heterocycles. The lowest BCUT2D eigenvalue weighted by Crippen LogP contribution is -2.37. The molecular formula is C18H18FN3OS. The van der Waals surface area contributed by atoms with E-state index in [0.717, 1.165) is 53.1 Å². The number of aliphatic hydroxyl groups excluding tert-OH is 1. The molecule has 24 heavy (non-hydrogen) atoms. The van der Waals surface area contributed by atoms with Crippen molar-refractivity contribution >= 4 is 27.4 Å². The first-order valence-corrected chi connectivity index (χ1v) is 8.98. The van der Waals surface area contributed by atoms with Crippen molar-refractivity contribution < 1.29 is 9.50 Å². The summed E-state index contributed by atoms with van der Waals surface area (Å²) in [5, 5.41) is 12.6. The lowest BCUT2D eigenvalue weighted by Gasteiger charge is -2.33. The normalized spacial score (nSPS) is 18.2. The Labute approximate surface area is 143 Å². The van der Waals surface area contributed by atoms with Crippen LogP contribution >= 0.6 is 11.3 Å². The number of anilines is 1. The Kier molecular flexibility index (Phi) is 4.16. The van der Waals surface area contributed by atoms with Gasteiger partial charge in [-0.15, -0.1) is 11.3 Å². The Balaban J connectivity index is 1.81. The first-order chi connectivity index (χ1) is 11.8. The van der Waals surface area contributed by atoms with Crippen molar-refractivity contribution in [3.63, 3.8) is 0 Å². The minimum Gasteiger partial charge on any atom is -0.396 e. The Morgan fingerprint density at radius 2 is 2.08 bits per heavy atom. The SMILES string of the molecule is OC[C@H]1CCCN(c2ncnc3scc(-c4ccc(F)cc4)c23)C1. The molecule has 1 N–H and O–H groups in total. The number of thiophene rings is 1. The van der Waals surface area contributed by atoms with E-state index in [1.807, 2.05) is 0 Å². The number of benzene rings is 1. The molecule has 0 radical (unpaired) electrons. The van der Waals surface area contributed by atoms with E-state index in [1.165, 1.54) is 12.1 Å². The molecule has 0 amide bonds. The van der Waals surface area contributed by atoms with Crippen LogP contribution in [-0.4, -0.2) is 34.8 Å². The number of hydrogen-bond acceptors (Lipinski definition) is 5. The molecule has 1 aromatic carbocycles. The van der Waals surface area contributed by atoms with Crippen LogP contribution in [0.4, 0.5) is 10.2 Å².